The standard InChI is InChI=1S/C15H22BrNO2/c1-18-10-7-17-12-15(5-8-19-9-6-15)13-3-2-4-14(16)11-13/h2-4,11,17H,5-10,12H2,1H3. The third-order valence-corrected chi connectivity index (χ3v) is 4.33. The highest BCUT2D eigenvalue weighted by atomic mass is 79.9. The Morgan fingerprint density at radius 2 is 2.16 bits per heavy atom. The number of benzene rings is 1. The molecule has 19 heavy (non-hydrogen) atoms. The van der Waals surface area contributed by atoms with Crippen LogP contribution in [0.25, 0.3) is 0 Å². The first-order valence-electron chi connectivity index (χ1n) is 6.80. The molecule has 0 saturated carbocycles. The molecule has 1 heterocycles. The molecule has 1 saturated heterocycles. The first-order chi connectivity index (χ1) is 9.27. The van der Waals surface area contributed by atoms with Crippen molar-refractivity contribution in [3.8, 4) is 0 Å². The number of methoxy groups -OCH3 is 1. The normalized spacial score (nSPS) is 18.4. The minimum atomic E-state index is 0.190. The molecular weight excluding hydrogens is 306 g/mol. The Morgan fingerprint density at radius 1 is 1.37 bits per heavy atom. The predicted molar refractivity (Wildman–Crippen MR) is 80.6 cm³/mol. The average Bonchev–Trinajstić information content (AvgIpc) is 2.45. The molecule has 106 valence electrons. The smallest absolute Gasteiger partial charge is 0.0587 e. The Bertz CT molecular complexity index is 391. The van der Waals surface area contributed by atoms with Crippen LogP contribution in [0.1, 0.15) is 18.4 Å². The number of hydrogen-bond donors (Lipinski definition) is 1. The van der Waals surface area contributed by atoms with Gasteiger partial charge in [-0.3, -0.25) is 0 Å². The molecule has 1 N–H and O–H groups in total. The van der Waals surface area contributed by atoms with E-state index in [1.165, 1.54) is 5.56 Å². The molecule has 0 aromatic heterocycles. The maximum atomic E-state index is 5.54. The van der Waals surface area contributed by atoms with Crippen LogP contribution in [0.4, 0.5) is 0 Å². The van der Waals surface area contributed by atoms with E-state index in [2.05, 4.69) is 45.5 Å². The average molecular weight is 328 g/mol. The summed E-state index contributed by atoms with van der Waals surface area (Å²) in [6.07, 6.45) is 2.15. The zero-order valence-electron chi connectivity index (χ0n) is 11.5. The van der Waals surface area contributed by atoms with Gasteiger partial charge in [0.25, 0.3) is 0 Å². The summed E-state index contributed by atoms with van der Waals surface area (Å²) in [6.45, 7) is 4.32. The van der Waals surface area contributed by atoms with Crippen LogP contribution in [0, 0.1) is 0 Å². The number of ether oxygens (including phenoxy) is 2. The van der Waals surface area contributed by atoms with E-state index in [4.69, 9.17) is 9.47 Å². The van der Waals surface area contributed by atoms with Crippen LogP contribution in [0.2, 0.25) is 0 Å². The summed E-state index contributed by atoms with van der Waals surface area (Å²) in [5.74, 6) is 0. The van der Waals surface area contributed by atoms with Crippen LogP contribution < -0.4 is 5.32 Å². The molecule has 1 aliphatic rings. The van der Waals surface area contributed by atoms with Gasteiger partial charge in [0.15, 0.2) is 0 Å². The van der Waals surface area contributed by atoms with Crippen molar-refractivity contribution in [3.63, 3.8) is 0 Å². The predicted octanol–water partition coefficient (Wildman–Crippen LogP) is 2.73. The second-order valence-electron chi connectivity index (χ2n) is 5.07. The van der Waals surface area contributed by atoms with Gasteiger partial charge in [0.2, 0.25) is 0 Å². The van der Waals surface area contributed by atoms with Crippen molar-refractivity contribution < 1.29 is 9.47 Å². The van der Waals surface area contributed by atoms with Crippen molar-refractivity contribution in [3.05, 3.63) is 34.3 Å². The fourth-order valence-electron chi connectivity index (χ4n) is 2.65. The van der Waals surface area contributed by atoms with Gasteiger partial charge in [-0.2, -0.15) is 0 Å². The zero-order valence-corrected chi connectivity index (χ0v) is 13.0. The van der Waals surface area contributed by atoms with Crippen LogP contribution in [-0.4, -0.2) is 40.0 Å². The Balaban J connectivity index is 2.09. The van der Waals surface area contributed by atoms with Crippen LogP contribution in [0.15, 0.2) is 28.7 Å². The minimum absolute atomic E-state index is 0.190. The minimum Gasteiger partial charge on any atom is -0.383 e. The zero-order chi connectivity index (χ0) is 13.6. The molecule has 0 bridgehead atoms. The van der Waals surface area contributed by atoms with Crippen LogP contribution in [0.5, 0.6) is 0 Å². The van der Waals surface area contributed by atoms with Crippen LogP contribution >= 0.6 is 15.9 Å². The Morgan fingerprint density at radius 3 is 2.84 bits per heavy atom. The van der Waals surface area contributed by atoms with Crippen molar-refractivity contribution in [1.29, 1.82) is 0 Å². The van der Waals surface area contributed by atoms with E-state index in [9.17, 15) is 0 Å². The van der Waals surface area contributed by atoms with Gasteiger partial charge in [-0.25, -0.2) is 0 Å². The lowest BCUT2D eigenvalue weighted by Crippen LogP contribution is -2.43. The highest BCUT2D eigenvalue weighted by Gasteiger charge is 2.34. The monoisotopic (exact) mass is 327 g/mol. The molecule has 4 heteroatoms. The lowest BCUT2D eigenvalue weighted by Gasteiger charge is -2.38. The molecular formula is C15H22BrNO2. The first kappa shape index (κ1) is 15.0. The van der Waals surface area contributed by atoms with Gasteiger partial charge < -0.3 is 14.8 Å². The quantitative estimate of drug-likeness (QED) is 0.815. The van der Waals surface area contributed by atoms with E-state index < -0.39 is 0 Å². The summed E-state index contributed by atoms with van der Waals surface area (Å²) in [5.41, 5.74) is 1.59. The van der Waals surface area contributed by atoms with Gasteiger partial charge in [-0.15, -0.1) is 0 Å². The fourth-order valence-corrected chi connectivity index (χ4v) is 3.05. The van der Waals surface area contributed by atoms with E-state index in [0.29, 0.717) is 0 Å². The van der Waals surface area contributed by atoms with Crippen molar-refractivity contribution in [1.82, 2.24) is 5.32 Å². The van der Waals surface area contributed by atoms with E-state index in [1.807, 2.05) is 0 Å². The number of halogens is 1. The Labute approximate surface area is 123 Å². The molecule has 1 aromatic rings. The third-order valence-electron chi connectivity index (χ3n) is 3.83. The summed E-state index contributed by atoms with van der Waals surface area (Å²) >= 11 is 3.57. The maximum Gasteiger partial charge on any atom is 0.0587 e. The maximum absolute atomic E-state index is 5.54. The third kappa shape index (κ3) is 4.02. The second-order valence-corrected chi connectivity index (χ2v) is 5.99. The lowest BCUT2D eigenvalue weighted by molar-refractivity contribution is 0.0492. The van der Waals surface area contributed by atoms with Crippen molar-refractivity contribution in [2.75, 3.05) is 40.0 Å². The summed E-state index contributed by atoms with van der Waals surface area (Å²) in [4.78, 5) is 0. The van der Waals surface area contributed by atoms with E-state index in [-0.39, 0.29) is 5.41 Å². The summed E-state index contributed by atoms with van der Waals surface area (Å²) in [7, 11) is 1.74. The molecule has 0 spiro atoms. The van der Waals surface area contributed by atoms with Gasteiger partial charge in [0, 0.05) is 43.3 Å². The van der Waals surface area contributed by atoms with Crippen molar-refractivity contribution in [2.24, 2.45) is 0 Å². The largest absolute Gasteiger partial charge is 0.383 e. The fraction of sp³-hybridized carbons (Fsp3) is 0.600. The second kappa shape index (κ2) is 7.39. The van der Waals surface area contributed by atoms with Crippen molar-refractivity contribution in [2.45, 2.75) is 18.3 Å². The highest BCUT2D eigenvalue weighted by molar-refractivity contribution is 9.10. The van der Waals surface area contributed by atoms with E-state index in [1.54, 1.807) is 7.11 Å². The SMILES string of the molecule is COCCNCC1(c2cccc(Br)c2)CCOCC1. The van der Waals surface area contributed by atoms with Gasteiger partial charge >= 0.3 is 0 Å². The summed E-state index contributed by atoms with van der Waals surface area (Å²) < 4.78 is 11.8. The van der Waals surface area contributed by atoms with Crippen LogP contribution in [-0.2, 0) is 14.9 Å². The molecule has 1 fully saturated rings. The lowest BCUT2D eigenvalue weighted by atomic mass is 9.74. The van der Waals surface area contributed by atoms with E-state index in [0.717, 1.165) is 50.2 Å². The molecule has 0 unspecified atom stereocenters. The molecule has 3 nitrogen and oxygen atoms in total. The number of hydrogen-bond acceptors (Lipinski definition) is 3. The molecule has 0 radical (unpaired) electrons. The Kier molecular flexibility index (Phi) is 5.82. The van der Waals surface area contributed by atoms with Crippen molar-refractivity contribution >= 4 is 15.9 Å². The Hall–Kier alpha value is -0.420. The molecule has 0 atom stereocenters. The summed E-state index contributed by atoms with van der Waals surface area (Å²) in [5, 5.41) is 3.52. The van der Waals surface area contributed by atoms with Gasteiger partial charge in [0.1, 0.15) is 0 Å². The number of nitrogens with one attached hydrogen (secondary N) is 1. The van der Waals surface area contributed by atoms with Gasteiger partial charge in [0.05, 0.1) is 6.61 Å². The molecule has 1 aliphatic heterocycles. The summed E-state index contributed by atoms with van der Waals surface area (Å²) in [6, 6.07) is 8.66. The first-order valence-corrected chi connectivity index (χ1v) is 7.60. The van der Waals surface area contributed by atoms with Gasteiger partial charge in [-0.05, 0) is 30.5 Å². The molecule has 0 aliphatic carbocycles. The van der Waals surface area contributed by atoms with Crippen LogP contribution in [0.3, 0.4) is 0 Å². The number of rotatable bonds is 6. The molecule has 0 amide bonds. The van der Waals surface area contributed by atoms with Gasteiger partial charge in [-0.1, -0.05) is 28.1 Å². The highest BCUT2D eigenvalue weighted by Crippen LogP contribution is 2.35. The molecule has 1 aromatic carbocycles. The topological polar surface area (TPSA) is 30.5 Å². The molecule has 2 rings (SSSR count). The van der Waals surface area contributed by atoms with E-state index >= 15 is 0 Å².